The fourth-order valence-electron chi connectivity index (χ4n) is 2.51. The van der Waals surface area contributed by atoms with Gasteiger partial charge in [0.2, 0.25) is 0 Å². The van der Waals surface area contributed by atoms with E-state index in [2.05, 4.69) is 33.8 Å². The molecule has 0 saturated heterocycles. The second kappa shape index (κ2) is 10.4. The highest BCUT2D eigenvalue weighted by molar-refractivity contribution is 14.0. The van der Waals surface area contributed by atoms with E-state index >= 15 is 0 Å². The summed E-state index contributed by atoms with van der Waals surface area (Å²) in [5, 5.41) is 6.53. The van der Waals surface area contributed by atoms with Crippen LogP contribution in [0.25, 0.3) is 0 Å². The second-order valence-corrected chi connectivity index (χ2v) is 9.20. The molecule has 7 heteroatoms. The molecule has 1 heterocycles. The Kier molecular flexibility index (Phi) is 9.20. The van der Waals surface area contributed by atoms with Crippen molar-refractivity contribution in [2.45, 2.75) is 38.4 Å². The van der Waals surface area contributed by atoms with Crippen molar-refractivity contribution in [2.75, 3.05) is 32.5 Å². The van der Waals surface area contributed by atoms with Crippen LogP contribution in [0, 0.1) is 0 Å². The van der Waals surface area contributed by atoms with Crippen LogP contribution in [0.4, 0.5) is 0 Å². The van der Waals surface area contributed by atoms with E-state index in [0.29, 0.717) is 12.3 Å². The minimum absolute atomic E-state index is 0. The summed E-state index contributed by atoms with van der Waals surface area (Å²) in [5.74, 6) is 2.40. The van der Waals surface area contributed by atoms with Gasteiger partial charge < -0.3 is 15.4 Å². The van der Waals surface area contributed by atoms with Crippen LogP contribution in [0.5, 0.6) is 5.75 Å². The average molecular weight is 479 g/mol. The molecule has 2 rings (SSSR count). The molecule has 0 fully saturated rings. The van der Waals surface area contributed by atoms with E-state index in [9.17, 15) is 4.21 Å². The largest absolute Gasteiger partial charge is 0.493 e. The SMILES string of the molecule is CN=C(NCCc1ccc2c(c1)CCO2)NCCS(=O)C(C)(C)C.I. The van der Waals surface area contributed by atoms with Gasteiger partial charge in [0.1, 0.15) is 5.75 Å². The number of halogens is 1. The Balaban J connectivity index is 0.00000312. The van der Waals surface area contributed by atoms with Gasteiger partial charge in [0.05, 0.1) is 6.61 Å². The van der Waals surface area contributed by atoms with Crippen molar-refractivity contribution in [1.29, 1.82) is 0 Å². The molecule has 0 spiro atoms. The van der Waals surface area contributed by atoms with Crippen molar-refractivity contribution in [1.82, 2.24) is 10.6 Å². The van der Waals surface area contributed by atoms with E-state index in [-0.39, 0.29) is 28.7 Å². The maximum absolute atomic E-state index is 12.0. The molecule has 1 atom stereocenters. The number of ether oxygens (including phenoxy) is 1. The summed E-state index contributed by atoms with van der Waals surface area (Å²) >= 11 is 0. The zero-order valence-corrected chi connectivity index (χ0v) is 18.7. The Bertz CT molecular complexity index is 615. The summed E-state index contributed by atoms with van der Waals surface area (Å²) in [5.41, 5.74) is 2.61. The molecule has 0 bridgehead atoms. The average Bonchev–Trinajstić information content (AvgIpc) is 3.00. The number of benzene rings is 1. The molecule has 0 aliphatic carbocycles. The van der Waals surface area contributed by atoms with E-state index < -0.39 is 10.8 Å². The van der Waals surface area contributed by atoms with E-state index in [4.69, 9.17) is 4.74 Å². The molecule has 5 nitrogen and oxygen atoms in total. The number of hydrogen-bond acceptors (Lipinski definition) is 3. The minimum Gasteiger partial charge on any atom is -0.493 e. The van der Waals surface area contributed by atoms with Crippen molar-refractivity contribution in [2.24, 2.45) is 4.99 Å². The molecule has 142 valence electrons. The topological polar surface area (TPSA) is 62.7 Å². The van der Waals surface area contributed by atoms with Gasteiger partial charge in [-0.15, -0.1) is 24.0 Å². The first-order chi connectivity index (χ1) is 11.4. The van der Waals surface area contributed by atoms with E-state index in [0.717, 1.165) is 37.7 Å². The third-order valence-corrected chi connectivity index (χ3v) is 5.89. The van der Waals surface area contributed by atoms with Gasteiger partial charge in [-0.05, 0) is 44.4 Å². The standard InChI is InChI=1S/C18H29N3O2S.HI/c1-18(2,3)24(22)12-10-21-17(19-4)20-9-7-14-5-6-16-15(13-14)8-11-23-16;/h5-6,13H,7-12H2,1-4H3,(H2,19,20,21);1H. The Morgan fingerprint density at radius 1 is 1.28 bits per heavy atom. The summed E-state index contributed by atoms with van der Waals surface area (Å²) in [6, 6.07) is 6.41. The third-order valence-electron chi connectivity index (χ3n) is 3.95. The molecular formula is C18H30IN3O2S. The van der Waals surface area contributed by atoms with E-state index in [1.807, 2.05) is 20.8 Å². The molecule has 1 aliphatic rings. The number of rotatable bonds is 6. The Labute approximate surface area is 170 Å². The van der Waals surface area contributed by atoms with Crippen LogP contribution in [-0.2, 0) is 23.6 Å². The maximum Gasteiger partial charge on any atom is 0.191 e. The molecule has 1 aliphatic heterocycles. The van der Waals surface area contributed by atoms with Crippen LogP contribution in [0.1, 0.15) is 31.9 Å². The van der Waals surface area contributed by atoms with Gasteiger partial charge in [-0.1, -0.05) is 12.1 Å². The molecule has 0 aromatic heterocycles. The van der Waals surface area contributed by atoms with Crippen molar-refractivity contribution < 1.29 is 8.95 Å². The predicted molar refractivity (Wildman–Crippen MR) is 117 cm³/mol. The van der Waals surface area contributed by atoms with Gasteiger partial charge >= 0.3 is 0 Å². The molecule has 0 radical (unpaired) electrons. The van der Waals surface area contributed by atoms with E-state index in [1.54, 1.807) is 7.05 Å². The molecular weight excluding hydrogens is 449 g/mol. The summed E-state index contributed by atoms with van der Waals surface area (Å²) in [6.45, 7) is 8.25. The molecule has 1 aromatic rings. The van der Waals surface area contributed by atoms with Crippen molar-refractivity contribution in [3.05, 3.63) is 29.3 Å². The zero-order chi connectivity index (χ0) is 17.6. The third kappa shape index (κ3) is 7.13. The second-order valence-electron chi connectivity index (χ2n) is 6.88. The maximum atomic E-state index is 12.0. The minimum atomic E-state index is -0.848. The Morgan fingerprint density at radius 2 is 2.00 bits per heavy atom. The van der Waals surface area contributed by atoms with Crippen LogP contribution < -0.4 is 15.4 Å². The van der Waals surface area contributed by atoms with E-state index in [1.165, 1.54) is 11.1 Å². The van der Waals surface area contributed by atoms with Gasteiger partial charge in [0, 0.05) is 47.9 Å². The van der Waals surface area contributed by atoms with Gasteiger partial charge in [0.25, 0.3) is 0 Å². The number of aliphatic imine (C=N–C) groups is 1. The van der Waals surface area contributed by atoms with Gasteiger partial charge in [0.15, 0.2) is 5.96 Å². The lowest BCUT2D eigenvalue weighted by Crippen LogP contribution is -2.41. The van der Waals surface area contributed by atoms with Crippen molar-refractivity contribution in [3.8, 4) is 5.75 Å². The molecule has 0 saturated carbocycles. The van der Waals surface area contributed by atoms with Crippen LogP contribution in [0.3, 0.4) is 0 Å². The predicted octanol–water partition coefficient (Wildman–Crippen LogP) is 2.49. The summed E-state index contributed by atoms with van der Waals surface area (Å²) in [6.07, 6.45) is 1.94. The lowest BCUT2D eigenvalue weighted by molar-refractivity contribution is 0.357. The van der Waals surface area contributed by atoms with Crippen LogP contribution in [0.15, 0.2) is 23.2 Å². The quantitative estimate of drug-likeness (QED) is 0.374. The first-order valence-corrected chi connectivity index (χ1v) is 9.79. The summed E-state index contributed by atoms with van der Waals surface area (Å²) < 4.78 is 17.4. The first kappa shape index (κ1) is 22.2. The molecule has 1 unspecified atom stereocenters. The summed E-state index contributed by atoms with van der Waals surface area (Å²) in [7, 11) is 0.904. The molecule has 1 aromatic carbocycles. The highest BCUT2D eigenvalue weighted by Crippen LogP contribution is 2.25. The lowest BCUT2D eigenvalue weighted by Gasteiger charge is -2.18. The number of guanidine groups is 1. The lowest BCUT2D eigenvalue weighted by atomic mass is 10.1. The fraction of sp³-hybridized carbons (Fsp3) is 0.611. The van der Waals surface area contributed by atoms with Gasteiger partial charge in [-0.2, -0.15) is 0 Å². The van der Waals surface area contributed by atoms with Crippen LogP contribution in [0.2, 0.25) is 0 Å². The van der Waals surface area contributed by atoms with Gasteiger partial charge in [-0.25, -0.2) is 0 Å². The van der Waals surface area contributed by atoms with Crippen molar-refractivity contribution >= 4 is 40.7 Å². The monoisotopic (exact) mass is 479 g/mol. The Morgan fingerprint density at radius 3 is 2.68 bits per heavy atom. The fourth-order valence-corrected chi connectivity index (χ4v) is 3.41. The number of hydrogen-bond donors (Lipinski definition) is 2. The number of fused-ring (bicyclic) bond motifs is 1. The van der Waals surface area contributed by atoms with Crippen LogP contribution in [-0.4, -0.2) is 47.4 Å². The number of nitrogens with zero attached hydrogens (tertiary/aromatic N) is 1. The number of nitrogens with one attached hydrogen (secondary N) is 2. The van der Waals surface area contributed by atoms with Crippen molar-refractivity contribution in [3.63, 3.8) is 0 Å². The highest BCUT2D eigenvalue weighted by Gasteiger charge is 2.18. The highest BCUT2D eigenvalue weighted by atomic mass is 127. The summed E-state index contributed by atoms with van der Waals surface area (Å²) in [4.78, 5) is 4.21. The van der Waals surface area contributed by atoms with Gasteiger partial charge in [-0.3, -0.25) is 9.20 Å². The molecule has 25 heavy (non-hydrogen) atoms. The van der Waals surface area contributed by atoms with Crippen LogP contribution >= 0.6 is 24.0 Å². The zero-order valence-electron chi connectivity index (χ0n) is 15.6. The smallest absolute Gasteiger partial charge is 0.191 e. The first-order valence-electron chi connectivity index (χ1n) is 8.48. The normalized spacial score (nSPS) is 15.0. The molecule has 0 amide bonds. The Hall–Kier alpha value is -0.830. The molecule has 2 N–H and O–H groups in total.